The molecule has 2 aliphatic heterocycles. The van der Waals surface area contributed by atoms with Crippen molar-refractivity contribution in [3.8, 4) is 28.3 Å². The van der Waals surface area contributed by atoms with Crippen molar-refractivity contribution in [2.45, 2.75) is 13.5 Å². The van der Waals surface area contributed by atoms with Gasteiger partial charge in [0.1, 0.15) is 5.56 Å². The minimum absolute atomic E-state index is 0.0521. The molecule has 2 fully saturated rings. The third-order valence-electron chi connectivity index (χ3n) is 8.20. The topological polar surface area (TPSA) is 110 Å². The average molecular weight is 634 g/mol. The first-order chi connectivity index (χ1) is 21.1. The van der Waals surface area contributed by atoms with Gasteiger partial charge in [0, 0.05) is 80.6 Å². The monoisotopic (exact) mass is 632 g/mol. The number of hydrogen-bond acceptors (Lipinski definition) is 7. The van der Waals surface area contributed by atoms with Gasteiger partial charge in [-0.1, -0.05) is 59.6 Å². The van der Waals surface area contributed by atoms with E-state index in [9.17, 15) is 14.4 Å². The molecule has 0 unspecified atom stereocenters. The fourth-order valence-corrected chi connectivity index (χ4v) is 6.60. The Hall–Kier alpha value is -4.25. The minimum Gasteiger partial charge on any atom is -0.481 e. The number of pyridine rings is 1. The lowest BCUT2D eigenvalue weighted by Crippen LogP contribution is -2.72. The number of rotatable bonds is 7. The maximum absolute atomic E-state index is 12.9. The van der Waals surface area contributed by atoms with Gasteiger partial charge >= 0.3 is 0 Å². The molecule has 1 N–H and O–H groups in total. The van der Waals surface area contributed by atoms with E-state index in [-0.39, 0.29) is 21.9 Å². The highest BCUT2D eigenvalue weighted by molar-refractivity contribution is 6.39. The standard InChI is InChI=1S/C32H30Cl2N6O4/c1-19(41)40-17-32(18-40)15-39(16-32)14-20-10-11-25(37-30(20)44-3)23-8-4-6-21(27(23)33)22-7-5-9-26(28(22)34)36-29(42)24-12-13-35-38(2)31(24)43/h4-13H,14-18H2,1-3H3,(H,36,42). The van der Waals surface area contributed by atoms with Gasteiger partial charge in [-0.25, -0.2) is 9.67 Å². The fraction of sp³-hybridized carbons (Fsp3) is 0.281. The molecule has 0 radical (unpaired) electrons. The number of halogens is 2. The van der Waals surface area contributed by atoms with Crippen LogP contribution >= 0.6 is 23.2 Å². The van der Waals surface area contributed by atoms with Crippen molar-refractivity contribution in [2.75, 3.05) is 38.6 Å². The molecule has 0 bridgehead atoms. The van der Waals surface area contributed by atoms with Crippen LogP contribution in [0.25, 0.3) is 22.4 Å². The lowest BCUT2D eigenvalue weighted by molar-refractivity contribution is -0.157. The number of nitrogens with zero attached hydrogens (tertiary/aromatic N) is 5. The van der Waals surface area contributed by atoms with E-state index in [2.05, 4.69) is 15.3 Å². The maximum Gasteiger partial charge on any atom is 0.279 e. The van der Waals surface area contributed by atoms with Crippen molar-refractivity contribution >= 4 is 40.7 Å². The molecule has 226 valence electrons. The Morgan fingerprint density at radius 2 is 1.64 bits per heavy atom. The van der Waals surface area contributed by atoms with Crippen molar-refractivity contribution in [2.24, 2.45) is 12.5 Å². The summed E-state index contributed by atoms with van der Waals surface area (Å²) < 4.78 is 6.76. The third kappa shape index (κ3) is 5.45. The molecule has 2 aliphatic rings. The first kappa shape index (κ1) is 29.8. The predicted octanol–water partition coefficient (Wildman–Crippen LogP) is 4.74. The number of hydrogen-bond donors (Lipinski definition) is 1. The number of likely N-dealkylation sites (tertiary alicyclic amines) is 2. The Kier molecular flexibility index (Phi) is 7.91. The molecule has 10 nitrogen and oxygen atoms in total. The van der Waals surface area contributed by atoms with Crippen LogP contribution in [0, 0.1) is 5.41 Å². The second-order valence-corrected chi connectivity index (χ2v) is 12.1. The van der Waals surface area contributed by atoms with Crippen molar-refractivity contribution in [3.63, 3.8) is 0 Å². The van der Waals surface area contributed by atoms with Crippen LogP contribution in [0.4, 0.5) is 5.69 Å². The van der Waals surface area contributed by atoms with E-state index in [4.69, 9.17) is 32.9 Å². The molecule has 2 aromatic carbocycles. The van der Waals surface area contributed by atoms with Crippen LogP contribution in [0.5, 0.6) is 5.88 Å². The number of benzene rings is 2. The number of aromatic nitrogens is 3. The summed E-state index contributed by atoms with van der Waals surface area (Å²) in [5.74, 6) is 0.0607. The first-order valence-electron chi connectivity index (χ1n) is 14.0. The van der Waals surface area contributed by atoms with Gasteiger partial charge < -0.3 is 15.0 Å². The molecular formula is C32H30Cl2N6O4. The summed E-state index contributed by atoms with van der Waals surface area (Å²) in [6.07, 6.45) is 1.38. The summed E-state index contributed by atoms with van der Waals surface area (Å²) in [6, 6.07) is 16.1. The lowest BCUT2D eigenvalue weighted by atomic mass is 9.72. The minimum atomic E-state index is -0.595. The van der Waals surface area contributed by atoms with Crippen LogP contribution in [-0.2, 0) is 18.4 Å². The van der Waals surface area contributed by atoms with E-state index in [1.807, 2.05) is 41.3 Å². The number of methoxy groups -OCH3 is 1. The predicted molar refractivity (Wildman–Crippen MR) is 169 cm³/mol. The molecule has 0 aliphatic carbocycles. The maximum atomic E-state index is 12.9. The van der Waals surface area contributed by atoms with Crippen LogP contribution in [0.2, 0.25) is 10.0 Å². The summed E-state index contributed by atoms with van der Waals surface area (Å²) in [4.78, 5) is 45.8. The normalized spacial score (nSPS) is 15.4. The zero-order valence-corrected chi connectivity index (χ0v) is 25.9. The fourth-order valence-electron chi connectivity index (χ4n) is 6.00. The molecule has 6 rings (SSSR count). The molecule has 0 atom stereocenters. The summed E-state index contributed by atoms with van der Waals surface area (Å²) in [5.41, 5.74) is 3.55. The molecule has 12 heteroatoms. The lowest BCUT2D eigenvalue weighted by Gasteiger charge is -2.60. The zero-order chi connectivity index (χ0) is 31.2. The molecule has 4 heterocycles. The van der Waals surface area contributed by atoms with Crippen LogP contribution in [0.15, 0.2) is 65.6 Å². The molecule has 4 aromatic rings. The Labute approximate surface area is 264 Å². The Morgan fingerprint density at radius 3 is 2.34 bits per heavy atom. The highest BCUT2D eigenvalue weighted by atomic mass is 35.5. The number of amides is 2. The van der Waals surface area contributed by atoms with Gasteiger partial charge in [-0.05, 0) is 18.2 Å². The highest BCUT2D eigenvalue weighted by Gasteiger charge is 2.52. The van der Waals surface area contributed by atoms with Gasteiger partial charge in [0.05, 0.1) is 28.5 Å². The van der Waals surface area contributed by atoms with Crippen molar-refractivity contribution in [1.82, 2.24) is 24.6 Å². The van der Waals surface area contributed by atoms with Crippen LogP contribution in [-0.4, -0.2) is 69.7 Å². The summed E-state index contributed by atoms with van der Waals surface area (Å²) in [7, 11) is 3.07. The average Bonchev–Trinajstić information content (AvgIpc) is 2.96. The van der Waals surface area contributed by atoms with Crippen molar-refractivity contribution in [3.05, 3.63) is 92.3 Å². The second-order valence-electron chi connectivity index (χ2n) is 11.3. The summed E-state index contributed by atoms with van der Waals surface area (Å²) in [5, 5.41) is 7.30. The van der Waals surface area contributed by atoms with Gasteiger partial charge in [0.25, 0.3) is 11.5 Å². The summed E-state index contributed by atoms with van der Waals surface area (Å²) >= 11 is 13.7. The number of carbonyl (C=O) groups excluding carboxylic acids is 2. The van der Waals surface area contributed by atoms with Crippen LogP contribution < -0.4 is 15.6 Å². The molecule has 2 aromatic heterocycles. The molecule has 2 saturated heterocycles. The largest absolute Gasteiger partial charge is 0.481 e. The highest BCUT2D eigenvalue weighted by Crippen LogP contribution is 2.43. The van der Waals surface area contributed by atoms with E-state index >= 15 is 0 Å². The van der Waals surface area contributed by atoms with Crippen molar-refractivity contribution in [1.29, 1.82) is 0 Å². The SMILES string of the molecule is COc1nc(-c2cccc(-c3cccc(NC(=O)c4ccnn(C)c4=O)c3Cl)c2Cl)ccc1CN1CC2(C1)CN(C(C)=O)C2. The van der Waals surface area contributed by atoms with E-state index in [0.29, 0.717) is 45.5 Å². The van der Waals surface area contributed by atoms with Crippen molar-refractivity contribution < 1.29 is 14.3 Å². The smallest absolute Gasteiger partial charge is 0.279 e. The van der Waals surface area contributed by atoms with Gasteiger partial charge in [0.2, 0.25) is 11.8 Å². The van der Waals surface area contributed by atoms with Gasteiger partial charge in [-0.15, -0.1) is 0 Å². The second kappa shape index (κ2) is 11.7. The van der Waals surface area contributed by atoms with E-state index in [0.717, 1.165) is 36.4 Å². The van der Waals surface area contributed by atoms with Gasteiger partial charge in [0.15, 0.2) is 0 Å². The third-order valence-corrected chi connectivity index (χ3v) is 9.02. The zero-order valence-electron chi connectivity index (χ0n) is 24.4. The van der Waals surface area contributed by atoms with Gasteiger partial charge in [-0.2, -0.15) is 5.10 Å². The van der Waals surface area contributed by atoms with E-state index in [1.54, 1.807) is 26.2 Å². The molecule has 0 saturated carbocycles. The number of aryl methyl sites for hydroxylation is 1. The van der Waals surface area contributed by atoms with E-state index in [1.165, 1.54) is 19.3 Å². The Balaban J connectivity index is 1.22. The number of ether oxygens (including phenoxy) is 1. The number of nitrogens with one attached hydrogen (secondary N) is 1. The molecular weight excluding hydrogens is 603 g/mol. The molecule has 2 amide bonds. The van der Waals surface area contributed by atoms with Gasteiger partial charge in [-0.3, -0.25) is 19.3 Å². The summed E-state index contributed by atoms with van der Waals surface area (Å²) in [6.45, 7) is 5.85. The van der Waals surface area contributed by atoms with Crippen LogP contribution in [0.3, 0.4) is 0 Å². The molecule has 1 spiro atoms. The van der Waals surface area contributed by atoms with Crippen LogP contribution in [0.1, 0.15) is 22.8 Å². The quantitative estimate of drug-likeness (QED) is 0.313. The number of carbonyl (C=O) groups is 2. The number of anilines is 1. The Morgan fingerprint density at radius 1 is 0.955 bits per heavy atom. The van der Waals surface area contributed by atoms with E-state index < -0.39 is 11.5 Å². The first-order valence-corrected chi connectivity index (χ1v) is 14.8. The Bertz CT molecular complexity index is 1850. The molecule has 44 heavy (non-hydrogen) atoms.